The van der Waals surface area contributed by atoms with Crippen molar-refractivity contribution < 1.29 is 9.52 Å². The third kappa shape index (κ3) is 2.75. The molecule has 1 aromatic carbocycles. The standard InChI is InChI=1S/C14H17NO2/c1-10-2-4-11(5-3-10)13-6-7-14(17-13)12(16)8-9-15/h2-7,12,16H,8-9,15H2,1H3. The molecular formula is C14H17NO2. The van der Waals surface area contributed by atoms with Gasteiger partial charge in [-0.1, -0.05) is 29.8 Å². The molecular weight excluding hydrogens is 214 g/mol. The Kier molecular flexibility index (Phi) is 3.61. The molecule has 0 bridgehead atoms. The summed E-state index contributed by atoms with van der Waals surface area (Å²) < 4.78 is 5.62. The number of benzene rings is 1. The van der Waals surface area contributed by atoms with Crippen LogP contribution in [-0.4, -0.2) is 11.7 Å². The third-order valence-corrected chi connectivity index (χ3v) is 2.73. The number of hydrogen-bond donors (Lipinski definition) is 2. The highest BCUT2D eigenvalue weighted by Crippen LogP contribution is 2.26. The van der Waals surface area contributed by atoms with Crippen LogP contribution in [0.4, 0.5) is 0 Å². The van der Waals surface area contributed by atoms with E-state index < -0.39 is 6.10 Å². The molecule has 1 aromatic heterocycles. The van der Waals surface area contributed by atoms with Crippen LogP contribution in [0.1, 0.15) is 23.8 Å². The van der Waals surface area contributed by atoms with Crippen LogP contribution in [0.15, 0.2) is 40.8 Å². The van der Waals surface area contributed by atoms with E-state index in [2.05, 4.69) is 0 Å². The largest absolute Gasteiger partial charge is 0.458 e. The van der Waals surface area contributed by atoms with Gasteiger partial charge in [-0.2, -0.15) is 0 Å². The van der Waals surface area contributed by atoms with Gasteiger partial charge in [0.15, 0.2) is 0 Å². The highest BCUT2D eigenvalue weighted by atomic mass is 16.4. The number of rotatable bonds is 4. The lowest BCUT2D eigenvalue weighted by Gasteiger charge is -2.05. The molecule has 1 unspecified atom stereocenters. The summed E-state index contributed by atoms with van der Waals surface area (Å²) in [6.07, 6.45) is -0.0971. The fourth-order valence-corrected chi connectivity index (χ4v) is 1.71. The van der Waals surface area contributed by atoms with Crippen molar-refractivity contribution in [3.8, 4) is 11.3 Å². The predicted octanol–water partition coefficient (Wildman–Crippen LogP) is 2.64. The molecule has 1 heterocycles. The normalized spacial score (nSPS) is 12.6. The van der Waals surface area contributed by atoms with Crippen LogP contribution < -0.4 is 5.73 Å². The van der Waals surface area contributed by atoms with Crippen molar-refractivity contribution >= 4 is 0 Å². The number of aryl methyl sites for hydroxylation is 1. The number of hydrogen-bond acceptors (Lipinski definition) is 3. The summed E-state index contributed by atoms with van der Waals surface area (Å²) in [5.41, 5.74) is 7.63. The topological polar surface area (TPSA) is 59.4 Å². The molecule has 3 nitrogen and oxygen atoms in total. The quantitative estimate of drug-likeness (QED) is 0.850. The monoisotopic (exact) mass is 231 g/mol. The Morgan fingerprint density at radius 2 is 1.88 bits per heavy atom. The highest BCUT2D eigenvalue weighted by molar-refractivity contribution is 5.57. The minimum atomic E-state index is -0.612. The van der Waals surface area contributed by atoms with Crippen molar-refractivity contribution in [3.63, 3.8) is 0 Å². The molecule has 0 saturated heterocycles. The maximum absolute atomic E-state index is 9.75. The lowest BCUT2D eigenvalue weighted by atomic mass is 10.1. The van der Waals surface area contributed by atoms with Gasteiger partial charge in [-0.25, -0.2) is 0 Å². The van der Waals surface area contributed by atoms with E-state index in [-0.39, 0.29) is 0 Å². The Morgan fingerprint density at radius 3 is 2.53 bits per heavy atom. The van der Waals surface area contributed by atoms with Gasteiger partial charge in [0, 0.05) is 5.56 Å². The van der Waals surface area contributed by atoms with Gasteiger partial charge in [0.2, 0.25) is 0 Å². The van der Waals surface area contributed by atoms with E-state index in [1.807, 2.05) is 37.3 Å². The van der Waals surface area contributed by atoms with Gasteiger partial charge in [0.05, 0.1) is 0 Å². The summed E-state index contributed by atoms with van der Waals surface area (Å²) in [5.74, 6) is 1.35. The number of nitrogens with two attached hydrogens (primary N) is 1. The lowest BCUT2D eigenvalue weighted by molar-refractivity contribution is 0.144. The Morgan fingerprint density at radius 1 is 1.18 bits per heavy atom. The van der Waals surface area contributed by atoms with Gasteiger partial charge in [-0.05, 0) is 32.0 Å². The SMILES string of the molecule is Cc1ccc(-c2ccc(C(O)CCN)o2)cc1. The molecule has 2 rings (SSSR count). The van der Waals surface area contributed by atoms with Crippen LogP contribution >= 0.6 is 0 Å². The summed E-state index contributed by atoms with van der Waals surface area (Å²) in [5, 5.41) is 9.75. The molecule has 3 heteroatoms. The van der Waals surface area contributed by atoms with Crippen LogP contribution in [-0.2, 0) is 0 Å². The smallest absolute Gasteiger partial charge is 0.134 e. The van der Waals surface area contributed by atoms with Gasteiger partial charge in [0.1, 0.15) is 17.6 Å². The average Bonchev–Trinajstić information content (AvgIpc) is 2.80. The summed E-state index contributed by atoms with van der Waals surface area (Å²) in [6, 6.07) is 11.8. The van der Waals surface area contributed by atoms with Crippen LogP contribution in [0.3, 0.4) is 0 Å². The van der Waals surface area contributed by atoms with Gasteiger partial charge in [-0.3, -0.25) is 0 Å². The molecule has 2 aromatic rings. The molecule has 17 heavy (non-hydrogen) atoms. The fourth-order valence-electron chi connectivity index (χ4n) is 1.71. The average molecular weight is 231 g/mol. The van der Waals surface area contributed by atoms with Crippen molar-refractivity contribution in [2.75, 3.05) is 6.54 Å². The van der Waals surface area contributed by atoms with E-state index in [0.29, 0.717) is 18.7 Å². The first-order valence-corrected chi connectivity index (χ1v) is 5.75. The zero-order valence-electron chi connectivity index (χ0n) is 9.89. The first-order valence-electron chi connectivity index (χ1n) is 5.75. The number of aliphatic hydroxyl groups is 1. The van der Waals surface area contributed by atoms with E-state index in [1.54, 1.807) is 6.07 Å². The predicted molar refractivity (Wildman–Crippen MR) is 67.5 cm³/mol. The number of aliphatic hydroxyl groups excluding tert-OH is 1. The van der Waals surface area contributed by atoms with Crippen LogP contribution in [0.25, 0.3) is 11.3 Å². The molecule has 0 aliphatic carbocycles. The van der Waals surface area contributed by atoms with Gasteiger partial charge in [-0.15, -0.1) is 0 Å². The maximum atomic E-state index is 9.75. The third-order valence-electron chi connectivity index (χ3n) is 2.73. The van der Waals surface area contributed by atoms with E-state index in [0.717, 1.165) is 11.3 Å². The molecule has 0 saturated carbocycles. The molecule has 0 radical (unpaired) electrons. The van der Waals surface area contributed by atoms with Crippen molar-refractivity contribution in [2.45, 2.75) is 19.4 Å². The zero-order valence-corrected chi connectivity index (χ0v) is 9.89. The number of furan rings is 1. The summed E-state index contributed by atoms with van der Waals surface area (Å²) in [4.78, 5) is 0. The lowest BCUT2D eigenvalue weighted by Crippen LogP contribution is -2.05. The van der Waals surface area contributed by atoms with Gasteiger partial charge >= 0.3 is 0 Å². The van der Waals surface area contributed by atoms with Crippen molar-refractivity contribution in [1.82, 2.24) is 0 Å². The fraction of sp³-hybridized carbons (Fsp3) is 0.286. The maximum Gasteiger partial charge on any atom is 0.134 e. The molecule has 3 N–H and O–H groups in total. The Balaban J connectivity index is 2.20. The Hall–Kier alpha value is -1.58. The minimum absolute atomic E-state index is 0.446. The molecule has 0 amide bonds. The minimum Gasteiger partial charge on any atom is -0.458 e. The van der Waals surface area contributed by atoms with Crippen molar-refractivity contribution in [1.29, 1.82) is 0 Å². The molecule has 0 aliphatic heterocycles. The van der Waals surface area contributed by atoms with Crippen LogP contribution in [0, 0.1) is 6.92 Å². The summed E-state index contributed by atoms with van der Waals surface area (Å²) >= 11 is 0. The Labute approximate surface area is 101 Å². The molecule has 0 fully saturated rings. The summed E-state index contributed by atoms with van der Waals surface area (Å²) in [7, 11) is 0. The van der Waals surface area contributed by atoms with Gasteiger partial charge in [0.25, 0.3) is 0 Å². The van der Waals surface area contributed by atoms with E-state index in [1.165, 1.54) is 5.56 Å². The first kappa shape index (κ1) is 11.9. The molecule has 1 atom stereocenters. The Bertz CT molecular complexity index is 473. The molecule has 0 aliphatic rings. The first-order chi connectivity index (χ1) is 8.20. The van der Waals surface area contributed by atoms with E-state index in [4.69, 9.17) is 10.2 Å². The van der Waals surface area contributed by atoms with E-state index in [9.17, 15) is 5.11 Å². The van der Waals surface area contributed by atoms with Crippen molar-refractivity contribution in [3.05, 3.63) is 47.7 Å². The summed E-state index contributed by atoms with van der Waals surface area (Å²) in [6.45, 7) is 2.49. The molecule has 0 spiro atoms. The molecule has 90 valence electrons. The van der Waals surface area contributed by atoms with E-state index >= 15 is 0 Å². The van der Waals surface area contributed by atoms with Crippen molar-refractivity contribution in [2.24, 2.45) is 5.73 Å². The van der Waals surface area contributed by atoms with Crippen LogP contribution in [0.5, 0.6) is 0 Å². The zero-order chi connectivity index (χ0) is 12.3. The second kappa shape index (κ2) is 5.17. The van der Waals surface area contributed by atoms with Crippen LogP contribution in [0.2, 0.25) is 0 Å². The highest BCUT2D eigenvalue weighted by Gasteiger charge is 2.12. The second-order valence-electron chi connectivity index (χ2n) is 4.16. The van der Waals surface area contributed by atoms with Gasteiger partial charge < -0.3 is 15.3 Å². The second-order valence-corrected chi connectivity index (χ2v) is 4.16.